The Bertz CT molecular complexity index is 2580. The third-order valence-corrected chi connectivity index (χ3v) is 11.8. The summed E-state index contributed by atoms with van der Waals surface area (Å²) in [6, 6.07) is 19.3. The quantitative estimate of drug-likeness (QED) is 0.132. The number of rotatable bonds is 10. The van der Waals surface area contributed by atoms with Crippen LogP contribution >= 0.6 is 23.2 Å². The van der Waals surface area contributed by atoms with Crippen LogP contribution in [-0.4, -0.2) is 45.3 Å². The molecule has 4 heterocycles. The normalized spacial score (nSPS) is 16.8. The number of likely N-dealkylation sites (tertiary alicyclic amines) is 2. The van der Waals surface area contributed by atoms with Crippen molar-refractivity contribution in [1.29, 1.82) is 0 Å². The van der Waals surface area contributed by atoms with Crippen molar-refractivity contribution >= 4 is 46.6 Å². The second kappa shape index (κ2) is 18.0. The van der Waals surface area contributed by atoms with E-state index in [0.29, 0.717) is 78.9 Å². The van der Waals surface area contributed by atoms with Gasteiger partial charge < -0.3 is 29.5 Å². The first kappa shape index (κ1) is 43.6. The molecule has 0 aliphatic carbocycles. The first-order valence-electron chi connectivity index (χ1n) is 20.0. The van der Waals surface area contributed by atoms with E-state index in [2.05, 4.69) is 20.9 Å². The Hall–Kier alpha value is -6.00. The Morgan fingerprint density at radius 2 is 1.17 bits per heavy atom. The van der Waals surface area contributed by atoms with Gasteiger partial charge in [-0.3, -0.25) is 0 Å². The number of carbonyl (C=O) groups is 2. The van der Waals surface area contributed by atoms with Gasteiger partial charge in [0.2, 0.25) is 0 Å². The Balaban J connectivity index is 1.04. The lowest BCUT2D eigenvalue weighted by atomic mass is 9.92. The molecule has 0 unspecified atom stereocenters. The van der Waals surface area contributed by atoms with Crippen LogP contribution in [0.3, 0.4) is 0 Å². The molecule has 2 saturated heterocycles. The van der Waals surface area contributed by atoms with Gasteiger partial charge in [0.1, 0.15) is 0 Å². The lowest BCUT2D eigenvalue weighted by molar-refractivity contribution is -0.138. The number of nitrogens with one attached hydrogen (secondary N) is 2. The second-order valence-electron chi connectivity index (χ2n) is 15.5. The molecule has 10 nitrogen and oxygen atoms in total. The Morgan fingerprint density at radius 1 is 0.635 bits per heavy atom. The summed E-state index contributed by atoms with van der Waals surface area (Å²) in [4.78, 5) is 30.3. The van der Waals surface area contributed by atoms with E-state index in [9.17, 15) is 35.9 Å². The lowest BCUT2D eigenvalue weighted by Gasteiger charge is -2.24. The van der Waals surface area contributed by atoms with Crippen LogP contribution in [0, 0.1) is 0 Å². The number of halogens is 8. The molecule has 4 aromatic carbocycles. The van der Waals surface area contributed by atoms with Crippen molar-refractivity contribution in [3.05, 3.63) is 163 Å². The van der Waals surface area contributed by atoms with Gasteiger partial charge in [0.25, 0.3) is 0 Å². The van der Waals surface area contributed by atoms with E-state index in [0.717, 1.165) is 52.1 Å². The molecular weight excluding hydrogens is 873 g/mol. The topological polar surface area (TPSA) is 117 Å². The van der Waals surface area contributed by atoms with Crippen LogP contribution in [0.15, 0.2) is 106 Å². The molecule has 0 spiro atoms. The van der Waals surface area contributed by atoms with Gasteiger partial charge in [-0.15, -0.1) is 0 Å². The SMILES string of the molecule is O=C(Nc1ccc(C(F)(F)F)cc1)N1CCC[C@@H]1c1oncc1Cc1ccc(Cl)cc1Cc1noc([C@H]2CCCN2C(=O)Nc2ccc(C(F)(F)F)cc2)c1Cc1ccc(Cl)cc1. The molecule has 2 atom stereocenters. The fraction of sp³-hybridized carbons (Fsp3) is 0.289. The number of hydrogen-bond donors (Lipinski definition) is 2. The maximum Gasteiger partial charge on any atom is 0.416 e. The van der Waals surface area contributed by atoms with Gasteiger partial charge in [0, 0.05) is 64.9 Å². The van der Waals surface area contributed by atoms with Crippen LogP contribution in [0.2, 0.25) is 10.0 Å². The molecule has 18 heteroatoms. The smallest absolute Gasteiger partial charge is 0.359 e. The highest BCUT2D eigenvalue weighted by molar-refractivity contribution is 6.30. The lowest BCUT2D eigenvalue weighted by Crippen LogP contribution is -2.34. The zero-order valence-corrected chi connectivity index (χ0v) is 34.7. The molecule has 328 valence electrons. The fourth-order valence-electron chi connectivity index (χ4n) is 8.19. The van der Waals surface area contributed by atoms with E-state index >= 15 is 0 Å². The van der Waals surface area contributed by atoms with Gasteiger partial charge in [-0.1, -0.05) is 51.7 Å². The summed E-state index contributed by atoms with van der Waals surface area (Å²) in [6.45, 7) is 0.770. The molecule has 2 aliphatic rings. The Labute approximate surface area is 367 Å². The average Bonchev–Trinajstić information content (AvgIpc) is 4.07. The summed E-state index contributed by atoms with van der Waals surface area (Å²) in [5.41, 5.74) is 3.46. The molecule has 6 aromatic rings. The molecule has 0 saturated carbocycles. The molecule has 0 bridgehead atoms. The van der Waals surface area contributed by atoms with Crippen LogP contribution in [-0.2, 0) is 31.6 Å². The highest BCUT2D eigenvalue weighted by Crippen LogP contribution is 2.40. The largest absolute Gasteiger partial charge is 0.416 e. The standard InChI is InChI=1S/C45H38Cl2F6N6O4/c46-32-12-5-26(6-13-32)21-36-37(57-63-41(36)39-4-2-20-59(39)43(61)56-35-17-10-31(11-18-35)45(51,52)53)24-28-23-33(47)14-7-27(28)22-29-25-54-62-40(29)38-3-1-19-58(38)42(60)55-34-15-8-30(9-16-34)44(48,49)50/h5-18,23,25,38-39H,1-4,19-22,24H2,(H,55,60)(H,56,61)/t38-,39-/m1/s1. The van der Waals surface area contributed by atoms with E-state index in [1.807, 2.05) is 24.3 Å². The van der Waals surface area contributed by atoms with Crippen LogP contribution in [0.25, 0.3) is 0 Å². The number of aromatic nitrogens is 2. The number of nitrogens with zero attached hydrogens (tertiary/aromatic N) is 4. The second-order valence-corrected chi connectivity index (χ2v) is 16.3. The summed E-state index contributed by atoms with van der Waals surface area (Å²) in [5, 5.41) is 15.1. The van der Waals surface area contributed by atoms with Crippen molar-refractivity contribution in [3.8, 4) is 0 Å². The number of alkyl halides is 6. The average molecular weight is 912 g/mol. The van der Waals surface area contributed by atoms with Crippen molar-refractivity contribution in [2.75, 3.05) is 23.7 Å². The summed E-state index contributed by atoms with van der Waals surface area (Å²) in [6.07, 6.45) is -3.97. The summed E-state index contributed by atoms with van der Waals surface area (Å²) < 4.78 is 90.8. The minimum Gasteiger partial charge on any atom is -0.359 e. The van der Waals surface area contributed by atoms with Gasteiger partial charge in [-0.25, -0.2) is 9.59 Å². The first-order chi connectivity index (χ1) is 30.1. The minimum atomic E-state index is -4.51. The van der Waals surface area contributed by atoms with Crippen molar-refractivity contribution in [1.82, 2.24) is 20.1 Å². The number of benzene rings is 4. The minimum absolute atomic E-state index is 0.213. The van der Waals surface area contributed by atoms with Crippen molar-refractivity contribution in [2.45, 2.75) is 69.4 Å². The molecule has 0 radical (unpaired) electrons. The number of anilines is 2. The van der Waals surface area contributed by atoms with Crippen molar-refractivity contribution in [2.24, 2.45) is 0 Å². The molecule has 2 aliphatic heterocycles. The maximum atomic E-state index is 13.7. The van der Waals surface area contributed by atoms with Gasteiger partial charge in [0.15, 0.2) is 11.5 Å². The van der Waals surface area contributed by atoms with Gasteiger partial charge in [-0.2, -0.15) is 26.3 Å². The van der Waals surface area contributed by atoms with E-state index < -0.39 is 47.6 Å². The molecule has 63 heavy (non-hydrogen) atoms. The zero-order chi connectivity index (χ0) is 44.5. The highest BCUT2D eigenvalue weighted by Gasteiger charge is 2.38. The molecular formula is C45H38Cl2F6N6O4. The van der Waals surface area contributed by atoms with Gasteiger partial charge >= 0.3 is 24.4 Å². The van der Waals surface area contributed by atoms with Gasteiger partial charge in [0.05, 0.1) is 35.1 Å². The fourth-order valence-corrected chi connectivity index (χ4v) is 8.51. The summed E-state index contributed by atoms with van der Waals surface area (Å²) >= 11 is 12.8. The summed E-state index contributed by atoms with van der Waals surface area (Å²) in [7, 11) is 0. The third-order valence-electron chi connectivity index (χ3n) is 11.3. The van der Waals surface area contributed by atoms with Crippen LogP contribution in [0.1, 0.15) is 93.9 Å². The molecule has 2 N–H and O–H groups in total. The van der Waals surface area contributed by atoms with E-state index in [1.54, 1.807) is 34.2 Å². The third kappa shape index (κ3) is 9.97. The van der Waals surface area contributed by atoms with E-state index in [4.69, 9.17) is 32.2 Å². The van der Waals surface area contributed by atoms with Crippen LogP contribution < -0.4 is 10.6 Å². The number of carbonyl (C=O) groups excluding carboxylic acids is 2. The van der Waals surface area contributed by atoms with Crippen LogP contribution in [0.5, 0.6) is 0 Å². The molecule has 2 fully saturated rings. The maximum absolute atomic E-state index is 13.7. The van der Waals surface area contributed by atoms with Gasteiger partial charge in [-0.05, 0) is 115 Å². The first-order valence-corrected chi connectivity index (χ1v) is 20.8. The number of urea groups is 2. The van der Waals surface area contributed by atoms with E-state index in [1.165, 1.54) is 24.3 Å². The number of amides is 4. The predicted octanol–water partition coefficient (Wildman–Crippen LogP) is 12.5. The van der Waals surface area contributed by atoms with Crippen molar-refractivity contribution < 1.29 is 45.0 Å². The van der Waals surface area contributed by atoms with Crippen LogP contribution in [0.4, 0.5) is 47.3 Å². The molecule has 4 amide bonds. The highest BCUT2D eigenvalue weighted by atomic mass is 35.5. The van der Waals surface area contributed by atoms with E-state index in [-0.39, 0.29) is 17.8 Å². The Kier molecular flexibility index (Phi) is 12.5. The Morgan fingerprint density at radius 3 is 1.73 bits per heavy atom. The number of hydrogen-bond acceptors (Lipinski definition) is 6. The monoisotopic (exact) mass is 910 g/mol. The molecule has 2 aromatic heterocycles. The summed E-state index contributed by atoms with van der Waals surface area (Å²) in [5.74, 6) is 0.972. The zero-order valence-electron chi connectivity index (χ0n) is 33.2. The molecule has 8 rings (SSSR count). The van der Waals surface area contributed by atoms with Crippen molar-refractivity contribution in [3.63, 3.8) is 0 Å². The predicted molar refractivity (Wildman–Crippen MR) is 223 cm³/mol.